The number of hydrogen-bond acceptors (Lipinski definition) is 5. The highest BCUT2D eigenvalue weighted by Gasteiger charge is 2.35. The summed E-state index contributed by atoms with van der Waals surface area (Å²) in [7, 11) is -3.39. The molecule has 0 saturated heterocycles. The maximum atomic E-state index is 11.8. The van der Waals surface area contributed by atoms with Gasteiger partial charge in [0.1, 0.15) is 5.76 Å². The van der Waals surface area contributed by atoms with Gasteiger partial charge in [0.15, 0.2) is 0 Å². The molecule has 0 unspecified atom stereocenters. The maximum Gasteiger partial charge on any atom is 0.232 e. The third-order valence-corrected chi connectivity index (χ3v) is 6.54. The number of hydrogen-bond donors (Lipinski definition) is 1. The molecule has 6 nitrogen and oxygen atoms in total. The molecular weight excluding hydrogens is 374 g/mol. The minimum absolute atomic E-state index is 0.384. The fraction of sp³-hybridized carbons (Fsp3) is 0.667. The molecule has 1 N–H and O–H groups in total. The van der Waals surface area contributed by atoms with Crippen molar-refractivity contribution in [2.75, 3.05) is 19.4 Å². The van der Waals surface area contributed by atoms with Gasteiger partial charge in [-0.05, 0) is 56.4 Å². The van der Waals surface area contributed by atoms with E-state index in [1.807, 2.05) is 4.90 Å². The van der Waals surface area contributed by atoms with Crippen LogP contribution in [0.5, 0.6) is 0 Å². The highest BCUT2D eigenvalue weighted by atomic mass is 32.2. The number of guanidine groups is 1. The quantitative estimate of drug-likeness (QED) is 0.758. The van der Waals surface area contributed by atoms with E-state index in [-0.39, 0.29) is 0 Å². The molecule has 0 aromatic carbocycles. The van der Waals surface area contributed by atoms with E-state index in [0.29, 0.717) is 24.3 Å². The SMILES string of the molecule is CC1=C2C=C(OCC3CCCCC3)C(C3CC3)=CN2C(NS(C)(=O)=O)=NCC1. The number of sulfonamides is 1. The molecular formula is C21H31N3O3S. The van der Waals surface area contributed by atoms with Crippen LogP contribution in [0.15, 0.2) is 39.9 Å². The second-order valence-electron chi connectivity index (χ2n) is 8.55. The van der Waals surface area contributed by atoms with Crippen LogP contribution >= 0.6 is 0 Å². The van der Waals surface area contributed by atoms with E-state index in [2.05, 4.69) is 28.9 Å². The molecule has 28 heavy (non-hydrogen) atoms. The average molecular weight is 406 g/mol. The molecule has 2 fully saturated rings. The molecule has 154 valence electrons. The Morgan fingerprint density at radius 1 is 1.21 bits per heavy atom. The molecule has 7 heteroatoms. The van der Waals surface area contributed by atoms with Crippen LogP contribution in [-0.2, 0) is 14.8 Å². The smallest absolute Gasteiger partial charge is 0.232 e. The minimum atomic E-state index is -3.39. The summed E-state index contributed by atoms with van der Waals surface area (Å²) in [5, 5.41) is 0. The first-order valence-corrected chi connectivity index (χ1v) is 12.4. The molecule has 0 amide bonds. The highest BCUT2D eigenvalue weighted by molar-refractivity contribution is 7.89. The fourth-order valence-corrected chi connectivity index (χ4v) is 4.72. The Morgan fingerprint density at radius 2 is 1.96 bits per heavy atom. The Morgan fingerprint density at radius 3 is 2.64 bits per heavy atom. The summed E-state index contributed by atoms with van der Waals surface area (Å²) in [5.74, 6) is 2.51. The lowest BCUT2D eigenvalue weighted by molar-refractivity contribution is 0.144. The van der Waals surface area contributed by atoms with Gasteiger partial charge in [-0.25, -0.2) is 8.42 Å². The Bertz CT molecular complexity index is 844. The third kappa shape index (κ3) is 4.62. The van der Waals surface area contributed by atoms with Crippen LogP contribution < -0.4 is 4.72 Å². The standard InChI is InChI=1S/C21H31N3O3S/c1-15-10-11-22-21(23-28(2,25)26)24-13-18(17-8-9-17)20(12-19(15)24)27-14-16-6-4-3-5-7-16/h12-13,16-17H,3-11,14H2,1-2H3,(H,22,23). The van der Waals surface area contributed by atoms with Crippen LogP contribution in [0.4, 0.5) is 0 Å². The number of rotatable bonds is 5. The van der Waals surface area contributed by atoms with Gasteiger partial charge in [0.25, 0.3) is 0 Å². The molecule has 2 aliphatic carbocycles. The van der Waals surface area contributed by atoms with E-state index in [1.54, 1.807) is 0 Å². The van der Waals surface area contributed by atoms with Crippen molar-refractivity contribution in [3.63, 3.8) is 0 Å². The van der Waals surface area contributed by atoms with Gasteiger partial charge in [0.2, 0.25) is 16.0 Å². The van der Waals surface area contributed by atoms with Gasteiger partial charge in [-0.2, -0.15) is 0 Å². The van der Waals surface area contributed by atoms with Crippen LogP contribution in [0.25, 0.3) is 0 Å². The first-order valence-electron chi connectivity index (χ1n) is 10.5. The normalized spacial score (nSPS) is 24.1. The van der Waals surface area contributed by atoms with E-state index in [1.165, 1.54) is 49.5 Å². The van der Waals surface area contributed by atoms with Crippen molar-refractivity contribution in [1.29, 1.82) is 0 Å². The molecule has 4 aliphatic rings. The molecule has 0 bridgehead atoms. The van der Waals surface area contributed by atoms with Gasteiger partial charge < -0.3 is 4.74 Å². The highest BCUT2D eigenvalue weighted by Crippen LogP contribution is 2.44. The number of aliphatic imine (C=N–C) groups is 1. The lowest BCUT2D eigenvalue weighted by Gasteiger charge is -2.31. The van der Waals surface area contributed by atoms with Gasteiger partial charge in [-0.1, -0.05) is 19.3 Å². The van der Waals surface area contributed by atoms with E-state index >= 15 is 0 Å². The fourth-order valence-electron chi connectivity index (χ4n) is 4.22. The first kappa shape index (κ1) is 19.6. The first-order chi connectivity index (χ1) is 13.4. The van der Waals surface area contributed by atoms with E-state index in [4.69, 9.17) is 4.74 Å². The molecule has 2 heterocycles. The van der Waals surface area contributed by atoms with Crippen molar-refractivity contribution in [2.24, 2.45) is 16.8 Å². The largest absolute Gasteiger partial charge is 0.493 e. The Balaban J connectivity index is 1.60. The molecule has 0 atom stereocenters. The van der Waals surface area contributed by atoms with Gasteiger partial charge in [-0.3, -0.25) is 14.6 Å². The number of ether oxygens (including phenoxy) is 1. The van der Waals surface area contributed by atoms with Crippen LogP contribution in [0.1, 0.15) is 58.3 Å². The summed E-state index contributed by atoms with van der Waals surface area (Å²) < 4.78 is 32.6. The molecule has 0 radical (unpaired) electrons. The zero-order valence-electron chi connectivity index (χ0n) is 16.9. The van der Waals surface area contributed by atoms with Gasteiger partial charge in [0, 0.05) is 24.4 Å². The summed E-state index contributed by atoms with van der Waals surface area (Å²) in [4.78, 5) is 6.41. The van der Waals surface area contributed by atoms with Crippen molar-refractivity contribution in [3.8, 4) is 0 Å². The van der Waals surface area contributed by atoms with Crippen LogP contribution in [0, 0.1) is 11.8 Å². The molecule has 2 aliphatic heterocycles. The van der Waals surface area contributed by atoms with Crippen molar-refractivity contribution in [1.82, 2.24) is 9.62 Å². The van der Waals surface area contributed by atoms with Gasteiger partial charge >= 0.3 is 0 Å². The summed E-state index contributed by atoms with van der Waals surface area (Å²) >= 11 is 0. The van der Waals surface area contributed by atoms with Gasteiger partial charge in [-0.15, -0.1) is 0 Å². The lowest BCUT2D eigenvalue weighted by atomic mass is 9.90. The molecule has 2 saturated carbocycles. The Hall–Kier alpha value is -1.76. The summed E-state index contributed by atoms with van der Waals surface area (Å²) in [6.45, 7) is 3.44. The van der Waals surface area contributed by atoms with Crippen molar-refractivity contribution < 1.29 is 13.2 Å². The van der Waals surface area contributed by atoms with Crippen molar-refractivity contribution in [2.45, 2.75) is 58.3 Å². The third-order valence-electron chi connectivity index (χ3n) is 5.99. The van der Waals surface area contributed by atoms with Crippen LogP contribution in [-0.4, -0.2) is 38.7 Å². The van der Waals surface area contributed by atoms with E-state index in [9.17, 15) is 8.42 Å². The van der Waals surface area contributed by atoms with Crippen LogP contribution in [0.3, 0.4) is 0 Å². The van der Waals surface area contributed by atoms with E-state index < -0.39 is 10.0 Å². The summed E-state index contributed by atoms with van der Waals surface area (Å²) in [5.41, 5.74) is 3.35. The molecule has 4 rings (SSSR count). The molecule has 0 aromatic heterocycles. The predicted molar refractivity (Wildman–Crippen MR) is 111 cm³/mol. The van der Waals surface area contributed by atoms with Crippen molar-refractivity contribution in [3.05, 3.63) is 34.9 Å². The summed E-state index contributed by atoms with van der Waals surface area (Å²) in [6.07, 6.45) is 15.0. The Kier molecular flexibility index (Phi) is 5.54. The second kappa shape index (κ2) is 7.93. The predicted octanol–water partition coefficient (Wildman–Crippen LogP) is 3.66. The van der Waals surface area contributed by atoms with Gasteiger partial charge in [0.05, 0.1) is 18.6 Å². The maximum absolute atomic E-state index is 11.8. The summed E-state index contributed by atoms with van der Waals surface area (Å²) in [6, 6.07) is 0. The number of nitrogens with zero attached hydrogens (tertiary/aromatic N) is 2. The Labute approximate surface area is 168 Å². The minimum Gasteiger partial charge on any atom is -0.493 e. The van der Waals surface area contributed by atoms with Crippen molar-refractivity contribution >= 4 is 16.0 Å². The monoisotopic (exact) mass is 405 g/mol. The number of fused-ring (bicyclic) bond motifs is 1. The zero-order chi connectivity index (χ0) is 19.7. The van der Waals surface area contributed by atoms with E-state index in [0.717, 1.165) is 37.3 Å². The van der Waals surface area contributed by atoms with Crippen LogP contribution in [0.2, 0.25) is 0 Å². The zero-order valence-corrected chi connectivity index (χ0v) is 17.7. The average Bonchev–Trinajstić information content (AvgIpc) is 3.50. The second-order valence-corrected chi connectivity index (χ2v) is 10.3. The lowest BCUT2D eigenvalue weighted by Crippen LogP contribution is -2.41. The number of allylic oxidation sites excluding steroid dienone is 2. The topological polar surface area (TPSA) is 71.0 Å². The molecule has 0 aromatic rings. The number of nitrogens with one attached hydrogen (secondary N) is 1. The molecule has 0 spiro atoms.